The minimum Gasteiger partial charge on any atom is -0.461 e. The van der Waals surface area contributed by atoms with Crippen LogP contribution in [0.1, 0.15) is 24.0 Å². The van der Waals surface area contributed by atoms with E-state index in [1.54, 1.807) is 0 Å². The first-order chi connectivity index (χ1) is 12.1. The molecule has 3 rings (SSSR count). The van der Waals surface area contributed by atoms with Crippen molar-refractivity contribution in [1.29, 1.82) is 0 Å². The number of hydrogen-bond acceptors (Lipinski definition) is 3. The van der Waals surface area contributed by atoms with Crippen LogP contribution in [0.4, 0.5) is 0 Å². The van der Waals surface area contributed by atoms with Gasteiger partial charge >= 0.3 is 5.97 Å². The number of carbonyl (C=O) groups excluding carboxylic acids is 1. The Hall–Kier alpha value is -1.55. The molecule has 0 saturated carbocycles. The quantitative estimate of drug-likeness (QED) is 0.690. The van der Waals surface area contributed by atoms with Crippen molar-refractivity contribution in [2.24, 2.45) is 5.92 Å². The molecule has 1 heterocycles. The molecule has 2 aromatic carbocycles. The molecule has 0 aliphatic carbocycles. The second-order valence-corrected chi connectivity index (χ2v) is 7.31. The van der Waals surface area contributed by atoms with Gasteiger partial charge in [0.15, 0.2) is 0 Å². The van der Waals surface area contributed by atoms with Crippen LogP contribution in [-0.4, -0.2) is 24.0 Å². The molecule has 5 heteroatoms. The van der Waals surface area contributed by atoms with Crippen molar-refractivity contribution >= 4 is 29.2 Å². The van der Waals surface area contributed by atoms with Crippen molar-refractivity contribution < 1.29 is 9.53 Å². The molecule has 0 bridgehead atoms. The zero-order chi connectivity index (χ0) is 17.6. The lowest BCUT2D eigenvalue weighted by Crippen LogP contribution is -2.38. The van der Waals surface area contributed by atoms with E-state index in [1.165, 1.54) is 5.56 Å². The predicted molar refractivity (Wildman–Crippen MR) is 101 cm³/mol. The summed E-state index contributed by atoms with van der Waals surface area (Å²) in [6.07, 6.45) is 1.87. The molecular formula is C20H21Cl2NO2. The summed E-state index contributed by atoms with van der Waals surface area (Å²) >= 11 is 12.0. The Morgan fingerprint density at radius 2 is 1.76 bits per heavy atom. The summed E-state index contributed by atoms with van der Waals surface area (Å²) in [4.78, 5) is 14.7. The van der Waals surface area contributed by atoms with Gasteiger partial charge in [0.1, 0.15) is 6.61 Å². The molecule has 0 amide bonds. The molecule has 1 atom stereocenters. The number of halogens is 2. The third-order valence-corrected chi connectivity index (χ3v) is 4.87. The van der Waals surface area contributed by atoms with Gasteiger partial charge in [-0.2, -0.15) is 0 Å². The van der Waals surface area contributed by atoms with Crippen LogP contribution in [-0.2, 0) is 22.7 Å². The van der Waals surface area contributed by atoms with Crippen LogP contribution in [0.2, 0.25) is 10.0 Å². The number of nitrogens with zero attached hydrogens (tertiary/aromatic N) is 1. The molecule has 132 valence electrons. The molecule has 1 aliphatic rings. The third-order valence-electron chi connectivity index (χ3n) is 4.40. The van der Waals surface area contributed by atoms with Gasteiger partial charge in [-0.15, -0.1) is 0 Å². The van der Waals surface area contributed by atoms with Crippen LogP contribution in [0.3, 0.4) is 0 Å². The van der Waals surface area contributed by atoms with Gasteiger partial charge in [0.05, 0.1) is 5.92 Å². The molecule has 3 nitrogen and oxygen atoms in total. The van der Waals surface area contributed by atoms with Crippen molar-refractivity contribution in [1.82, 2.24) is 4.90 Å². The van der Waals surface area contributed by atoms with Crippen molar-refractivity contribution in [3.63, 3.8) is 0 Å². The van der Waals surface area contributed by atoms with E-state index in [2.05, 4.69) is 11.0 Å². The number of likely N-dealkylation sites (tertiary alicyclic amines) is 1. The van der Waals surface area contributed by atoms with Crippen LogP contribution in [0, 0.1) is 5.92 Å². The van der Waals surface area contributed by atoms with E-state index in [-0.39, 0.29) is 18.5 Å². The maximum atomic E-state index is 12.4. The average Bonchev–Trinajstić information content (AvgIpc) is 2.60. The summed E-state index contributed by atoms with van der Waals surface area (Å²) < 4.78 is 5.49. The molecule has 1 unspecified atom stereocenters. The Bertz CT molecular complexity index is 735. The number of piperidine rings is 1. The molecule has 1 fully saturated rings. The first kappa shape index (κ1) is 18.2. The first-order valence-electron chi connectivity index (χ1n) is 8.48. The summed E-state index contributed by atoms with van der Waals surface area (Å²) in [7, 11) is 0. The van der Waals surface area contributed by atoms with Crippen LogP contribution >= 0.6 is 23.2 Å². The van der Waals surface area contributed by atoms with E-state index in [1.807, 2.05) is 42.5 Å². The van der Waals surface area contributed by atoms with Gasteiger partial charge in [0.2, 0.25) is 0 Å². The minimum absolute atomic E-state index is 0.0767. The van der Waals surface area contributed by atoms with Gasteiger partial charge in [-0.05, 0) is 54.8 Å². The number of rotatable bonds is 5. The lowest BCUT2D eigenvalue weighted by molar-refractivity contribution is -0.151. The fourth-order valence-electron chi connectivity index (χ4n) is 3.18. The van der Waals surface area contributed by atoms with Gasteiger partial charge in [0, 0.05) is 23.1 Å². The molecular weight excluding hydrogens is 357 g/mol. The Morgan fingerprint density at radius 1 is 1.08 bits per heavy atom. The SMILES string of the molecule is O=C(OCc1cccc(Cl)c1)C1CCCN(Cc2cccc(Cl)c2)C1. The van der Waals surface area contributed by atoms with Gasteiger partial charge in [0.25, 0.3) is 0 Å². The molecule has 0 aromatic heterocycles. The number of hydrogen-bond donors (Lipinski definition) is 0. The van der Waals surface area contributed by atoms with Gasteiger partial charge in [-0.25, -0.2) is 0 Å². The molecule has 1 aliphatic heterocycles. The van der Waals surface area contributed by atoms with E-state index in [0.717, 1.165) is 43.1 Å². The Balaban J connectivity index is 1.52. The average molecular weight is 378 g/mol. The number of esters is 1. The van der Waals surface area contributed by atoms with Crippen molar-refractivity contribution in [2.45, 2.75) is 26.0 Å². The van der Waals surface area contributed by atoms with E-state index in [4.69, 9.17) is 27.9 Å². The Morgan fingerprint density at radius 3 is 2.48 bits per heavy atom. The molecule has 25 heavy (non-hydrogen) atoms. The monoisotopic (exact) mass is 377 g/mol. The topological polar surface area (TPSA) is 29.5 Å². The Kier molecular flexibility index (Phi) is 6.35. The maximum Gasteiger partial charge on any atom is 0.310 e. The standard InChI is InChI=1S/C20H21Cl2NO2/c21-18-7-1-4-15(10-18)12-23-9-3-6-17(13-23)20(24)25-14-16-5-2-8-19(22)11-16/h1-2,4-5,7-8,10-11,17H,3,6,9,12-14H2. The third kappa shape index (κ3) is 5.46. The number of ether oxygens (including phenoxy) is 1. The smallest absolute Gasteiger partial charge is 0.310 e. The van der Waals surface area contributed by atoms with Gasteiger partial charge in [-0.3, -0.25) is 9.69 Å². The largest absolute Gasteiger partial charge is 0.461 e. The molecule has 2 aromatic rings. The van der Waals surface area contributed by atoms with E-state index in [9.17, 15) is 4.79 Å². The molecule has 0 spiro atoms. The van der Waals surface area contributed by atoms with Crippen molar-refractivity contribution in [3.05, 3.63) is 69.7 Å². The molecule has 1 saturated heterocycles. The first-order valence-corrected chi connectivity index (χ1v) is 9.23. The predicted octanol–water partition coefficient (Wildman–Crippen LogP) is 4.95. The molecule has 0 N–H and O–H groups in total. The summed E-state index contributed by atoms with van der Waals surface area (Å²) in [6.45, 7) is 2.79. The summed E-state index contributed by atoms with van der Waals surface area (Å²) in [5.41, 5.74) is 2.08. The summed E-state index contributed by atoms with van der Waals surface area (Å²) in [6, 6.07) is 15.3. The zero-order valence-electron chi connectivity index (χ0n) is 14.0. The summed E-state index contributed by atoms with van der Waals surface area (Å²) in [5.74, 6) is -0.206. The Labute approximate surface area is 158 Å². The fraction of sp³-hybridized carbons (Fsp3) is 0.350. The highest BCUT2D eigenvalue weighted by molar-refractivity contribution is 6.30. The van der Waals surface area contributed by atoms with Gasteiger partial charge in [-0.1, -0.05) is 47.5 Å². The van der Waals surface area contributed by atoms with Crippen LogP contribution in [0.25, 0.3) is 0 Å². The highest BCUT2D eigenvalue weighted by atomic mass is 35.5. The number of benzene rings is 2. The highest BCUT2D eigenvalue weighted by Gasteiger charge is 2.27. The highest BCUT2D eigenvalue weighted by Crippen LogP contribution is 2.21. The normalized spacial score (nSPS) is 18.1. The summed E-state index contributed by atoms with van der Waals surface area (Å²) in [5, 5.41) is 1.39. The lowest BCUT2D eigenvalue weighted by Gasteiger charge is -2.31. The molecule has 0 radical (unpaired) electrons. The number of carbonyl (C=O) groups is 1. The van der Waals surface area contributed by atoms with Crippen molar-refractivity contribution in [2.75, 3.05) is 13.1 Å². The maximum absolute atomic E-state index is 12.4. The second kappa shape index (κ2) is 8.70. The van der Waals surface area contributed by atoms with E-state index >= 15 is 0 Å². The lowest BCUT2D eigenvalue weighted by atomic mass is 9.97. The van der Waals surface area contributed by atoms with E-state index < -0.39 is 0 Å². The van der Waals surface area contributed by atoms with Crippen LogP contribution < -0.4 is 0 Å². The van der Waals surface area contributed by atoms with Crippen molar-refractivity contribution in [3.8, 4) is 0 Å². The van der Waals surface area contributed by atoms with E-state index in [0.29, 0.717) is 5.02 Å². The fourth-order valence-corrected chi connectivity index (χ4v) is 3.61. The van der Waals surface area contributed by atoms with Crippen LogP contribution in [0.5, 0.6) is 0 Å². The zero-order valence-corrected chi connectivity index (χ0v) is 15.5. The van der Waals surface area contributed by atoms with Crippen LogP contribution in [0.15, 0.2) is 48.5 Å². The second-order valence-electron chi connectivity index (χ2n) is 6.44. The minimum atomic E-state index is -0.129. The van der Waals surface area contributed by atoms with Gasteiger partial charge < -0.3 is 4.74 Å².